The van der Waals surface area contributed by atoms with E-state index in [-0.39, 0.29) is 0 Å². The third-order valence-corrected chi connectivity index (χ3v) is 0.729. The first-order valence-electron chi connectivity index (χ1n) is 2.40. The highest BCUT2D eigenvalue weighted by Gasteiger charge is 2.30. The van der Waals surface area contributed by atoms with E-state index in [1.807, 2.05) is 0 Å². The van der Waals surface area contributed by atoms with Crippen molar-refractivity contribution in [3.63, 3.8) is 0 Å². The minimum atomic E-state index is -4.67. The Labute approximate surface area is 54.3 Å². The zero-order valence-electron chi connectivity index (χ0n) is 5.10. The lowest BCUT2D eigenvalue weighted by Crippen LogP contribution is -2.07. The van der Waals surface area contributed by atoms with E-state index in [2.05, 4.69) is 0 Å². The quantitative estimate of drug-likeness (QED) is 0.517. The van der Waals surface area contributed by atoms with E-state index in [1.165, 1.54) is 0 Å². The van der Waals surface area contributed by atoms with Gasteiger partial charge in [-0.05, 0) is 6.92 Å². The van der Waals surface area contributed by atoms with Gasteiger partial charge in [-0.3, -0.25) is 0 Å². The van der Waals surface area contributed by atoms with E-state index in [9.17, 15) is 22.0 Å². The van der Waals surface area contributed by atoms with Gasteiger partial charge in [0.15, 0.2) is 0 Å². The summed E-state index contributed by atoms with van der Waals surface area (Å²) in [4.78, 5) is 0. The molecule has 0 bridgehead atoms. The average Bonchev–Trinajstić information content (AvgIpc) is 1.60. The molecule has 0 fully saturated rings. The topological polar surface area (TPSA) is 0 Å². The van der Waals surface area contributed by atoms with Crippen LogP contribution in [0.5, 0.6) is 0 Å². The van der Waals surface area contributed by atoms with Gasteiger partial charge in [0.25, 0.3) is 0 Å². The molecule has 0 aliphatic heterocycles. The van der Waals surface area contributed by atoms with Crippen molar-refractivity contribution in [2.75, 3.05) is 0 Å². The second-order valence-corrected chi connectivity index (χ2v) is 1.73. The molecule has 0 aliphatic carbocycles. The molecule has 0 aliphatic rings. The fraction of sp³-hybridized carbons (Fsp3) is 0.600. The van der Waals surface area contributed by atoms with Gasteiger partial charge in [0.2, 0.25) is 0 Å². The van der Waals surface area contributed by atoms with Crippen molar-refractivity contribution in [2.45, 2.75) is 19.5 Å². The van der Waals surface area contributed by atoms with Crippen molar-refractivity contribution in [2.24, 2.45) is 0 Å². The summed E-state index contributed by atoms with van der Waals surface area (Å²) in [7, 11) is 0. The van der Waals surface area contributed by atoms with Crippen LogP contribution in [0.3, 0.4) is 0 Å². The Morgan fingerprint density at radius 2 is 1.60 bits per heavy atom. The summed E-state index contributed by atoms with van der Waals surface area (Å²) in [5.74, 6) is -3.18. The van der Waals surface area contributed by atoms with Crippen molar-refractivity contribution in [1.82, 2.24) is 0 Å². The number of hydrogen-bond donors (Lipinski definition) is 0. The first-order valence-corrected chi connectivity index (χ1v) is 2.40. The van der Waals surface area contributed by atoms with Crippen LogP contribution in [0.25, 0.3) is 0 Å². The zero-order chi connectivity index (χ0) is 8.36. The Morgan fingerprint density at radius 1 is 1.20 bits per heavy atom. The summed E-state index contributed by atoms with van der Waals surface area (Å²) in [5, 5.41) is 0. The van der Waals surface area contributed by atoms with E-state index in [0.717, 1.165) is 0 Å². The maximum Gasteiger partial charge on any atom is 0.395 e. The van der Waals surface area contributed by atoms with Crippen LogP contribution in [-0.2, 0) is 0 Å². The van der Waals surface area contributed by atoms with Gasteiger partial charge in [0.1, 0.15) is 11.7 Å². The largest absolute Gasteiger partial charge is 0.395 e. The highest BCUT2D eigenvalue weighted by Crippen LogP contribution is 2.26. The Balaban J connectivity index is 4.06. The lowest BCUT2D eigenvalue weighted by molar-refractivity contribution is -0.130. The SMILES string of the molecule is C/C(F)=C(/F)CC(F)(F)F. The van der Waals surface area contributed by atoms with Gasteiger partial charge >= 0.3 is 6.18 Å². The van der Waals surface area contributed by atoms with Gasteiger partial charge in [0, 0.05) is 0 Å². The van der Waals surface area contributed by atoms with Gasteiger partial charge < -0.3 is 0 Å². The summed E-state index contributed by atoms with van der Waals surface area (Å²) >= 11 is 0. The summed E-state index contributed by atoms with van der Waals surface area (Å²) < 4.78 is 57.1. The van der Waals surface area contributed by atoms with Gasteiger partial charge in [-0.1, -0.05) is 0 Å². The molecule has 10 heavy (non-hydrogen) atoms. The Morgan fingerprint density at radius 3 is 1.70 bits per heavy atom. The molecule has 0 radical (unpaired) electrons. The fourth-order valence-electron chi connectivity index (χ4n) is 0.298. The number of allylic oxidation sites excluding steroid dienone is 2. The van der Waals surface area contributed by atoms with Crippen LogP contribution >= 0.6 is 0 Å². The molecule has 0 rings (SSSR count). The van der Waals surface area contributed by atoms with Crippen LogP contribution in [0, 0.1) is 0 Å². The molecule has 0 saturated carbocycles. The smallest absolute Gasteiger partial charge is 0.209 e. The molecule has 0 amide bonds. The normalized spacial score (nSPS) is 15.0. The van der Waals surface area contributed by atoms with E-state index in [0.29, 0.717) is 6.92 Å². The number of rotatable bonds is 1. The lowest BCUT2D eigenvalue weighted by atomic mass is 10.3. The Kier molecular flexibility index (Phi) is 2.80. The number of hydrogen-bond acceptors (Lipinski definition) is 0. The first-order chi connectivity index (χ1) is 4.33. The van der Waals surface area contributed by atoms with Gasteiger partial charge in [-0.25, -0.2) is 8.78 Å². The van der Waals surface area contributed by atoms with Crippen LogP contribution in [0.1, 0.15) is 13.3 Å². The maximum absolute atomic E-state index is 11.8. The fourth-order valence-corrected chi connectivity index (χ4v) is 0.298. The Bertz CT molecular complexity index is 139. The third kappa shape index (κ3) is 4.29. The molecular weight excluding hydrogens is 155 g/mol. The summed E-state index contributed by atoms with van der Waals surface area (Å²) in [5.41, 5.74) is 0. The molecule has 0 unspecified atom stereocenters. The van der Waals surface area contributed by atoms with Gasteiger partial charge in [-0.15, -0.1) is 0 Å². The van der Waals surface area contributed by atoms with Crippen molar-refractivity contribution in [1.29, 1.82) is 0 Å². The number of halogens is 5. The standard InChI is InChI=1S/C5H5F5/c1-3(6)4(7)2-5(8,9)10/h2H2,1H3/b4-3-. The molecule has 0 aromatic rings. The summed E-state index contributed by atoms with van der Waals surface area (Å²) in [6, 6.07) is 0. The Hall–Kier alpha value is -0.610. The molecule has 0 atom stereocenters. The van der Waals surface area contributed by atoms with E-state index in [1.54, 1.807) is 0 Å². The molecule has 0 spiro atoms. The molecule has 0 heterocycles. The highest BCUT2D eigenvalue weighted by molar-refractivity contribution is 4.97. The van der Waals surface area contributed by atoms with Crippen LogP contribution in [0.4, 0.5) is 22.0 Å². The van der Waals surface area contributed by atoms with E-state index >= 15 is 0 Å². The van der Waals surface area contributed by atoms with Crippen LogP contribution in [0.2, 0.25) is 0 Å². The maximum atomic E-state index is 11.8. The lowest BCUT2D eigenvalue weighted by Gasteiger charge is -2.02. The molecule has 0 saturated heterocycles. The van der Waals surface area contributed by atoms with E-state index < -0.39 is 24.3 Å². The predicted molar refractivity (Wildman–Crippen MR) is 25.6 cm³/mol. The van der Waals surface area contributed by atoms with Gasteiger partial charge in [-0.2, -0.15) is 13.2 Å². The van der Waals surface area contributed by atoms with Crippen molar-refractivity contribution < 1.29 is 22.0 Å². The molecule has 0 nitrogen and oxygen atoms in total. The van der Waals surface area contributed by atoms with Crippen LogP contribution in [0.15, 0.2) is 11.7 Å². The first kappa shape index (κ1) is 9.39. The van der Waals surface area contributed by atoms with Crippen LogP contribution < -0.4 is 0 Å². The van der Waals surface area contributed by atoms with Crippen molar-refractivity contribution in [3.05, 3.63) is 11.7 Å². The second-order valence-electron chi connectivity index (χ2n) is 1.73. The molecule has 5 heteroatoms. The monoisotopic (exact) mass is 160 g/mol. The minimum Gasteiger partial charge on any atom is -0.209 e. The minimum absolute atomic E-state index is 0.640. The molecule has 0 aromatic heterocycles. The molecule has 60 valence electrons. The molecular formula is C5H5F5. The average molecular weight is 160 g/mol. The van der Waals surface area contributed by atoms with Crippen molar-refractivity contribution >= 4 is 0 Å². The predicted octanol–water partition coefficient (Wildman–Crippen LogP) is 3.11. The van der Waals surface area contributed by atoms with Gasteiger partial charge in [0.05, 0.1) is 6.42 Å². The zero-order valence-corrected chi connectivity index (χ0v) is 5.10. The third-order valence-electron chi connectivity index (χ3n) is 0.729. The summed E-state index contributed by atoms with van der Waals surface area (Å²) in [6.45, 7) is 0.640. The summed E-state index contributed by atoms with van der Waals surface area (Å²) in [6.07, 6.45) is -6.49. The van der Waals surface area contributed by atoms with Crippen molar-refractivity contribution in [3.8, 4) is 0 Å². The number of alkyl halides is 3. The molecule has 0 aromatic carbocycles. The highest BCUT2D eigenvalue weighted by atomic mass is 19.4. The van der Waals surface area contributed by atoms with E-state index in [4.69, 9.17) is 0 Å². The molecule has 0 N–H and O–H groups in total. The second kappa shape index (κ2) is 2.98. The van der Waals surface area contributed by atoms with Crippen LogP contribution in [-0.4, -0.2) is 6.18 Å².